The van der Waals surface area contributed by atoms with Gasteiger partial charge < -0.3 is 10.6 Å². The largest absolute Gasteiger partial charge is 0.338 e. The van der Waals surface area contributed by atoms with E-state index < -0.39 is 0 Å². The highest BCUT2D eigenvalue weighted by Gasteiger charge is 2.20. The summed E-state index contributed by atoms with van der Waals surface area (Å²) in [6, 6.07) is 9.91. The van der Waals surface area contributed by atoms with Gasteiger partial charge in [0.15, 0.2) is 5.65 Å². The summed E-state index contributed by atoms with van der Waals surface area (Å²) >= 11 is 0. The molecule has 3 aromatic rings. The molecule has 0 unspecified atom stereocenters. The number of benzene rings is 1. The third kappa shape index (κ3) is 3.99. The van der Waals surface area contributed by atoms with Crippen molar-refractivity contribution in [3.63, 3.8) is 0 Å². The van der Waals surface area contributed by atoms with Gasteiger partial charge >= 0.3 is 0 Å². The zero-order chi connectivity index (χ0) is 20.3. The molecule has 0 fully saturated rings. The zero-order valence-corrected chi connectivity index (χ0v) is 16.7. The van der Waals surface area contributed by atoms with Gasteiger partial charge in [-0.3, -0.25) is 19.4 Å². The van der Waals surface area contributed by atoms with Crippen molar-refractivity contribution in [3.05, 3.63) is 63.1 Å². The van der Waals surface area contributed by atoms with Gasteiger partial charge in [-0.15, -0.1) is 0 Å². The molecule has 0 spiro atoms. The van der Waals surface area contributed by atoms with Gasteiger partial charge in [-0.05, 0) is 43.5 Å². The lowest BCUT2D eigenvalue weighted by Gasteiger charge is -2.23. The molecular formula is C21H27N5O2. The van der Waals surface area contributed by atoms with Crippen molar-refractivity contribution in [1.29, 1.82) is 0 Å². The Labute approximate surface area is 164 Å². The number of amides is 1. The summed E-state index contributed by atoms with van der Waals surface area (Å²) in [5, 5.41) is 3.29. The molecule has 7 nitrogen and oxygen atoms in total. The Hall–Kier alpha value is -2.93. The molecule has 0 atom stereocenters. The highest BCUT2D eigenvalue weighted by atomic mass is 16.2. The van der Waals surface area contributed by atoms with E-state index in [0.717, 1.165) is 28.8 Å². The predicted octanol–water partition coefficient (Wildman–Crippen LogP) is 1.80. The fraction of sp³-hybridized carbons (Fsp3) is 0.381. The van der Waals surface area contributed by atoms with Gasteiger partial charge in [-0.2, -0.15) is 0 Å². The molecule has 0 radical (unpaired) electrons. The molecule has 0 aliphatic heterocycles. The Morgan fingerprint density at radius 1 is 1.25 bits per heavy atom. The molecular weight excluding hydrogens is 354 g/mol. The number of aryl methyl sites for hydroxylation is 3. The van der Waals surface area contributed by atoms with Gasteiger partial charge in [0, 0.05) is 25.8 Å². The molecule has 28 heavy (non-hydrogen) atoms. The van der Waals surface area contributed by atoms with Crippen LogP contribution in [0, 0.1) is 13.8 Å². The quantitative estimate of drug-likeness (QED) is 0.652. The molecule has 2 heterocycles. The maximum atomic E-state index is 13.1. The molecule has 1 aromatic carbocycles. The van der Waals surface area contributed by atoms with Crippen LogP contribution in [0.4, 0.5) is 0 Å². The van der Waals surface area contributed by atoms with Crippen molar-refractivity contribution in [2.45, 2.75) is 33.2 Å². The van der Waals surface area contributed by atoms with Crippen LogP contribution in [-0.4, -0.2) is 38.7 Å². The number of nitrogens with one attached hydrogen (secondary N) is 1. The molecule has 7 heteroatoms. The molecule has 2 aromatic heterocycles. The molecule has 1 amide bonds. The van der Waals surface area contributed by atoms with Crippen LogP contribution >= 0.6 is 0 Å². The number of carbonyl (C=O) groups is 1. The number of fused-ring (bicyclic) bond motifs is 1. The van der Waals surface area contributed by atoms with Gasteiger partial charge in [0.25, 0.3) is 5.56 Å². The highest BCUT2D eigenvalue weighted by Crippen LogP contribution is 2.21. The first-order valence-electron chi connectivity index (χ1n) is 9.49. The number of rotatable bonds is 7. The monoisotopic (exact) mass is 381 g/mol. The van der Waals surface area contributed by atoms with Crippen molar-refractivity contribution >= 4 is 16.9 Å². The normalized spacial score (nSPS) is 11.1. The number of nitrogens with zero attached hydrogens (tertiary/aromatic N) is 3. The lowest BCUT2D eigenvalue weighted by Crippen LogP contribution is -2.34. The second-order valence-corrected chi connectivity index (χ2v) is 7.12. The van der Waals surface area contributed by atoms with Crippen LogP contribution in [0.1, 0.15) is 28.8 Å². The van der Waals surface area contributed by atoms with Crippen molar-refractivity contribution in [3.8, 4) is 0 Å². The smallest absolute Gasteiger partial charge is 0.273 e. The lowest BCUT2D eigenvalue weighted by atomic mass is 10.0. The third-order valence-electron chi connectivity index (χ3n) is 5.10. The van der Waals surface area contributed by atoms with Crippen molar-refractivity contribution < 1.29 is 4.79 Å². The average Bonchev–Trinajstić information content (AvgIpc) is 2.96. The van der Waals surface area contributed by atoms with E-state index >= 15 is 0 Å². The fourth-order valence-electron chi connectivity index (χ4n) is 3.55. The van der Waals surface area contributed by atoms with Crippen LogP contribution < -0.4 is 11.3 Å². The van der Waals surface area contributed by atoms with Crippen molar-refractivity contribution in [1.82, 2.24) is 19.7 Å². The summed E-state index contributed by atoms with van der Waals surface area (Å²) in [4.78, 5) is 31.8. The summed E-state index contributed by atoms with van der Waals surface area (Å²) in [7, 11) is 1.76. The van der Waals surface area contributed by atoms with Crippen LogP contribution in [0.5, 0.6) is 0 Å². The summed E-state index contributed by atoms with van der Waals surface area (Å²) in [5.74, 6) is 0.0111. The predicted molar refractivity (Wildman–Crippen MR) is 110 cm³/mol. The standard InChI is InChI=1S/C21H27N5O2/c1-14-17(15(2)23-20-19(14)21(28)24-25(20)3)12-18(27)26(11-7-10-22)13-16-8-5-4-6-9-16/h4-6,8-9H,7,10-13,22H2,1-3H3,(H,24,28). The van der Waals surface area contributed by atoms with E-state index in [9.17, 15) is 9.59 Å². The molecule has 3 rings (SSSR count). The van der Waals surface area contributed by atoms with Crippen LogP contribution in [0.25, 0.3) is 11.0 Å². The van der Waals surface area contributed by atoms with Crippen LogP contribution in [-0.2, 0) is 24.8 Å². The van der Waals surface area contributed by atoms with Crippen LogP contribution in [0.2, 0.25) is 0 Å². The van der Waals surface area contributed by atoms with Gasteiger partial charge in [0.2, 0.25) is 5.91 Å². The van der Waals surface area contributed by atoms with E-state index in [1.165, 1.54) is 0 Å². The number of hydrogen-bond donors (Lipinski definition) is 2. The number of nitrogens with two attached hydrogens (primary N) is 1. The van der Waals surface area contributed by atoms with Gasteiger partial charge in [0.05, 0.1) is 11.8 Å². The summed E-state index contributed by atoms with van der Waals surface area (Å²) < 4.78 is 1.62. The summed E-state index contributed by atoms with van der Waals surface area (Å²) in [6.07, 6.45) is 0.957. The topological polar surface area (TPSA) is 97.0 Å². The number of hydrogen-bond acceptors (Lipinski definition) is 4. The molecule has 0 saturated heterocycles. The number of carbonyl (C=O) groups excluding carboxylic acids is 1. The fourth-order valence-corrected chi connectivity index (χ4v) is 3.55. The molecule has 0 aliphatic carbocycles. The van der Waals surface area contributed by atoms with Crippen LogP contribution in [0.3, 0.4) is 0 Å². The summed E-state index contributed by atoms with van der Waals surface area (Å²) in [6.45, 7) is 5.44. The highest BCUT2D eigenvalue weighted by molar-refractivity contribution is 5.84. The van der Waals surface area contributed by atoms with Gasteiger partial charge in [0.1, 0.15) is 0 Å². The Morgan fingerprint density at radius 3 is 2.64 bits per heavy atom. The second kappa shape index (κ2) is 8.39. The first kappa shape index (κ1) is 19.8. The Kier molecular flexibility index (Phi) is 5.94. The third-order valence-corrected chi connectivity index (χ3v) is 5.10. The van der Waals surface area contributed by atoms with E-state index in [1.807, 2.05) is 49.1 Å². The maximum absolute atomic E-state index is 13.1. The minimum Gasteiger partial charge on any atom is -0.338 e. The first-order chi connectivity index (χ1) is 13.4. The van der Waals surface area contributed by atoms with E-state index in [0.29, 0.717) is 30.7 Å². The zero-order valence-electron chi connectivity index (χ0n) is 16.7. The number of pyridine rings is 1. The SMILES string of the molecule is Cc1nc2c(c(C)c1CC(=O)N(CCCN)Cc1ccccc1)c(=O)[nH]n2C. The first-order valence-corrected chi connectivity index (χ1v) is 9.49. The van der Waals surface area contributed by atoms with E-state index in [4.69, 9.17) is 5.73 Å². The van der Waals surface area contributed by atoms with E-state index in [2.05, 4.69) is 10.1 Å². The number of H-pyrrole nitrogens is 1. The average molecular weight is 381 g/mol. The lowest BCUT2D eigenvalue weighted by molar-refractivity contribution is -0.131. The minimum absolute atomic E-state index is 0.0111. The molecule has 0 aliphatic rings. The van der Waals surface area contributed by atoms with Crippen molar-refractivity contribution in [2.75, 3.05) is 13.1 Å². The Morgan fingerprint density at radius 2 is 1.96 bits per heavy atom. The van der Waals surface area contributed by atoms with E-state index in [-0.39, 0.29) is 17.9 Å². The molecule has 0 bridgehead atoms. The molecule has 148 valence electrons. The molecule has 0 saturated carbocycles. The minimum atomic E-state index is -0.180. The Balaban J connectivity index is 1.90. The number of aromatic amines is 1. The van der Waals surface area contributed by atoms with Crippen molar-refractivity contribution in [2.24, 2.45) is 12.8 Å². The van der Waals surface area contributed by atoms with Gasteiger partial charge in [-0.1, -0.05) is 30.3 Å². The number of aromatic nitrogens is 3. The van der Waals surface area contributed by atoms with E-state index in [1.54, 1.807) is 11.7 Å². The Bertz CT molecular complexity index is 1040. The summed E-state index contributed by atoms with van der Waals surface area (Å²) in [5.41, 5.74) is 9.58. The van der Waals surface area contributed by atoms with Crippen LogP contribution in [0.15, 0.2) is 35.1 Å². The second-order valence-electron chi connectivity index (χ2n) is 7.12. The van der Waals surface area contributed by atoms with Gasteiger partial charge in [-0.25, -0.2) is 4.98 Å². The molecule has 3 N–H and O–H groups in total. The maximum Gasteiger partial charge on any atom is 0.273 e.